The lowest BCUT2D eigenvalue weighted by atomic mass is 10.00. The van der Waals surface area contributed by atoms with Crippen LogP contribution in [-0.4, -0.2) is 10.9 Å². The van der Waals surface area contributed by atoms with E-state index < -0.39 is 0 Å². The van der Waals surface area contributed by atoms with Gasteiger partial charge in [0.2, 0.25) is 0 Å². The molecule has 0 aliphatic carbocycles. The van der Waals surface area contributed by atoms with Gasteiger partial charge in [0.1, 0.15) is 5.69 Å². The highest BCUT2D eigenvalue weighted by Gasteiger charge is 2.15. The van der Waals surface area contributed by atoms with Crippen molar-refractivity contribution in [3.05, 3.63) is 84.1 Å². The van der Waals surface area contributed by atoms with Gasteiger partial charge in [-0.2, -0.15) is 0 Å². The average molecular weight is 315 g/mol. The second-order valence-electron chi connectivity index (χ2n) is 6.03. The normalized spacial score (nSPS) is 12.4. The van der Waals surface area contributed by atoms with Gasteiger partial charge in [-0.25, -0.2) is 0 Å². The van der Waals surface area contributed by atoms with Crippen LogP contribution < -0.4 is 5.32 Å². The summed E-state index contributed by atoms with van der Waals surface area (Å²) < 4.78 is 0. The van der Waals surface area contributed by atoms with Gasteiger partial charge in [-0.1, -0.05) is 60.7 Å². The molecule has 0 spiro atoms. The van der Waals surface area contributed by atoms with E-state index in [4.69, 9.17) is 0 Å². The fraction of sp³-hybridized carbons (Fsp3) is 0.0952. The molecule has 0 aliphatic rings. The number of amides is 1. The summed E-state index contributed by atoms with van der Waals surface area (Å²) in [6, 6.07) is 24.1. The van der Waals surface area contributed by atoms with Crippen LogP contribution in [-0.2, 0) is 0 Å². The zero-order chi connectivity index (χ0) is 16.5. The Kier molecular flexibility index (Phi) is 3.54. The summed E-state index contributed by atoms with van der Waals surface area (Å²) in [5, 5.41) is 6.49. The van der Waals surface area contributed by atoms with Crippen LogP contribution in [0.2, 0.25) is 0 Å². The molecule has 0 aliphatic heterocycles. The molecular weight excluding hydrogens is 297 g/mol. The van der Waals surface area contributed by atoms with E-state index in [0.29, 0.717) is 5.69 Å². The molecule has 118 valence electrons. The second-order valence-corrected chi connectivity index (χ2v) is 6.03. The number of rotatable bonds is 3. The van der Waals surface area contributed by atoms with Crippen LogP contribution in [0.5, 0.6) is 0 Å². The molecular formula is C21H18N2O. The van der Waals surface area contributed by atoms with E-state index >= 15 is 0 Å². The highest BCUT2D eigenvalue weighted by molar-refractivity contribution is 5.98. The Morgan fingerprint density at radius 2 is 1.62 bits per heavy atom. The zero-order valence-corrected chi connectivity index (χ0v) is 13.4. The van der Waals surface area contributed by atoms with E-state index in [1.165, 1.54) is 10.8 Å². The first kappa shape index (κ1) is 14.5. The maximum absolute atomic E-state index is 12.6. The third-order valence-electron chi connectivity index (χ3n) is 4.41. The SMILES string of the molecule is C[C@@H](N[13C](=O)c1cc2ccccc2[nH]1)c1cccc2ccccc12. The van der Waals surface area contributed by atoms with Crippen LogP contribution in [0.1, 0.15) is 29.0 Å². The summed E-state index contributed by atoms with van der Waals surface area (Å²) in [5.74, 6) is -0.0911. The third kappa shape index (κ3) is 2.54. The summed E-state index contributed by atoms with van der Waals surface area (Å²) in [7, 11) is 0. The van der Waals surface area contributed by atoms with Crippen molar-refractivity contribution in [1.29, 1.82) is 0 Å². The first-order valence-corrected chi connectivity index (χ1v) is 8.08. The molecule has 1 atom stereocenters. The van der Waals surface area contributed by atoms with Crippen LogP contribution in [0.25, 0.3) is 21.7 Å². The maximum atomic E-state index is 12.6. The number of aromatic amines is 1. The lowest BCUT2D eigenvalue weighted by Crippen LogP contribution is -2.27. The molecule has 0 bridgehead atoms. The smallest absolute Gasteiger partial charge is 0.268 e. The lowest BCUT2D eigenvalue weighted by Gasteiger charge is -2.16. The van der Waals surface area contributed by atoms with E-state index in [1.54, 1.807) is 0 Å². The minimum Gasteiger partial charge on any atom is -0.351 e. The number of aromatic nitrogens is 1. The molecule has 1 aromatic heterocycles. The highest BCUT2D eigenvalue weighted by Crippen LogP contribution is 2.24. The van der Waals surface area contributed by atoms with Crippen molar-refractivity contribution < 1.29 is 4.79 Å². The Morgan fingerprint density at radius 1 is 0.917 bits per heavy atom. The summed E-state index contributed by atoms with van der Waals surface area (Å²) in [4.78, 5) is 15.8. The van der Waals surface area contributed by atoms with Crippen LogP contribution in [0.15, 0.2) is 72.8 Å². The molecule has 4 rings (SSSR count). The van der Waals surface area contributed by atoms with Gasteiger partial charge >= 0.3 is 0 Å². The van der Waals surface area contributed by atoms with Crippen molar-refractivity contribution in [1.82, 2.24) is 10.3 Å². The van der Waals surface area contributed by atoms with Crippen molar-refractivity contribution in [3.63, 3.8) is 0 Å². The number of nitrogens with one attached hydrogen (secondary N) is 2. The molecule has 0 radical (unpaired) electrons. The van der Waals surface area contributed by atoms with Gasteiger partial charge in [-0.3, -0.25) is 4.79 Å². The fourth-order valence-electron chi connectivity index (χ4n) is 3.18. The molecule has 3 aromatic carbocycles. The number of para-hydroxylation sites is 1. The summed E-state index contributed by atoms with van der Waals surface area (Å²) in [5.41, 5.74) is 2.68. The van der Waals surface area contributed by atoms with Gasteiger partial charge in [0.05, 0.1) is 6.04 Å². The van der Waals surface area contributed by atoms with Crippen LogP contribution in [0, 0.1) is 0 Å². The van der Waals surface area contributed by atoms with Gasteiger partial charge in [0, 0.05) is 10.9 Å². The van der Waals surface area contributed by atoms with Crippen molar-refractivity contribution >= 4 is 27.6 Å². The Hall–Kier alpha value is -3.07. The molecule has 3 heteroatoms. The first-order chi connectivity index (χ1) is 11.7. The number of H-pyrrole nitrogens is 1. The number of carbonyl (C=O) groups excluding carboxylic acids is 1. The molecule has 2 N–H and O–H groups in total. The third-order valence-corrected chi connectivity index (χ3v) is 4.41. The molecule has 4 aromatic rings. The predicted octanol–water partition coefficient (Wildman–Crippen LogP) is 4.81. The predicted molar refractivity (Wildman–Crippen MR) is 98.1 cm³/mol. The summed E-state index contributed by atoms with van der Waals surface area (Å²) in [6.07, 6.45) is 0. The largest absolute Gasteiger partial charge is 0.351 e. The minimum absolute atomic E-state index is 0.0741. The van der Waals surface area contributed by atoms with E-state index in [2.05, 4.69) is 34.6 Å². The molecule has 0 unspecified atom stereocenters. The molecule has 1 amide bonds. The monoisotopic (exact) mass is 315 g/mol. The van der Waals surface area contributed by atoms with Gasteiger partial charge < -0.3 is 10.3 Å². The van der Waals surface area contributed by atoms with E-state index in [-0.39, 0.29) is 11.9 Å². The average Bonchev–Trinajstić information content (AvgIpc) is 3.05. The van der Waals surface area contributed by atoms with Crippen molar-refractivity contribution in [2.24, 2.45) is 0 Å². The van der Waals surface area contributed by atoms with Gasteiger partial charge in [0.15, 0.2) is 0 Å². The zero-order valence-electron chi connectivity index (χ0n) is 13.4. The number of benzene rings is 3. The molecule has 3 nitrogen and oxygen atoms in total. The summed E-state index contributed by atoms with van der Waals surface area (Å²) >= 11 is 0. The highest BCUT2D eigenvalue weighted by atomic mass is 16.2. The van der Waals surface area contributed by atoms with Crippen LogP contribution in [0.4, 0.5) is 0 Å². The Labute approximate surface area is 140 Å². The molecule has 0 fully saturated rings. The fourth-order valence-corrected chi connectivity index (χ4v) is 3.18. The number of fused-ring (bicyclic) bond motifs is 2. The Bertz CT molecular complexity index is 994. The van der Waals surface area contributed by atoms with Crippen molar-refractivity contribution in [3.8, 4) is 0 Å². The molecule has 1 heterocycles. The molecule has 0 saturated carbocycles. The molecule has 24 heavy (non-hydrogen) atoms. The van der Waals surface area contributed by atoms with Crippen molar-refractivity contribution in [2.75, 3.05) is 0 Å². The van der Waals surface area contributed by atoms with Crippen LogP contribution in [0.3, 0.4) is 0 Å². The summed E-state index contributed by atoms with van der Waals surface area (Å²) in [6.45, 7) is 2.02. The first-order valence-electron chi connectivity index (χ1n) is 8.08. The van der Waals surface area contributed by atoms with Gasteiger partial charge in [0.25, 0.3) is 5.91 Å². The lowest BCUT2D eigenvalue weighted by molar-refractivity contribution is 0.0936. The Morgan fingerprint density at radius 3 is 2.46 bits per heavy atom. The number of hydrogen-bond acceptors (Lipinski definition) is 1. The Balaban J connectivity index is 1.63. The second kappa shape index (κ2) is 5.85. The van der Waals surface area contributed by atoms with Gasteiger partial charge in [-0.05, 0) is 35.4 Å². The number of hydrogen-bond donors (Lipinski definition) is 2. The minimum atomic E-state index is -0.0911. The number of carbonyl (C=O) groups is 1. The maximum Gasteiger partial charge on any atom is 0.268 e. The van der Waals surface area contributed by atoms with Crippen LogP contribution >= 0.6 is 0 Å². The van der Waals surface area contributed by atoms with E-state index in [1.807, 2.05) is 55.5 Å². The topological polar surface area (TPSA) is 44.9 Å². The van der Waals surface area contributed by atoms with Crippen molar-refractivity contribution in [2.45, 2.75) is 13.0 Å². The quantitative estimate of drug-likeness (QED) is 0.523. The van der Waals surface area contributed by atoms with E-state index in [0.717, 1.165) is 16.5 Å². The van der Waals surface area contributed by atoms with E-state index in [9.17, 15) is 4.79 Å². The standard InChI is InChI=1S/C21H18N2O/c1-14(17-11-6-9-15-7-2-4-10-18(15)17)22-21(24)20-13-16-8-3-5-12-19(16)23-20/h2-14,23H,1H3,(H,22,24)/t14-/m1/s1/i21+1. The molecule has 0 saturated heterocycles. The van der Waals surface area contributed by atoms with Gasteiger partial charge in [-0.15, -0.1) is 0 Å².